The van der Waals surface area contributed by atoms with Gasteiger partial charge in [0.25, 0.3) is 0 Å². The Kier molecular flexibility index (Phi) is 10.1. The maximum atomic E-state index is 5.48. The fourth-order valence-corrected chi connectivity index (χ4v) is 8.49. The Bertz CT molecular complexity index is 885. The van der Waals surface area contributed by atoms with Crippen LogP contribution in [0, 0.1) is 16.7 Å². The van der Waals surface area contributed by atoms with E-state index >= 15 is 0 Å². The molecule has 4 bridgehead atoms. The molecule has 1 heteroatoms. The molecule has 4 rings (SSSR count). The third-order valence-corrected chi connectivity index (χ3v) is 9.18. The summed E-state index contributed by atoms with van der Waals surface area (Å²) in [6.07, 6.45) is 27.5. The standard InChI is InChI=1S/C35H57N/c1-27(2)13-9-14-28(3)15-10-16-29(4)17-11-18-30(5)19-12-20-31(6)36-35-23-32-21-33(7,25-35)24-34(8,22-32)26-35/h13,15,17,19,32H,9-12,14,16,18,20-26H2,1-8H3/b28-15+,29-17+,30-19+,36-31+. The van der Waals surface area contributed by atoms with E-state index in [1.807, 2.05) is 0 Å². The zero-order valence-electron chi connectivity index (χ0n) is 25.2. The first-order chi connectivity index (χ1) is 16.9. The van der Waals surface area contributed by atoms with Gasteiger partial charge in [0.15, 0.2) is 0 Å². The van der Waals surface area contributed by atoms with E-state index < -0.39 is 0 Å². The van der Waals surface area contributed by atoms with Crippen molar-refractivity contribution in [3.8, 4) is 0 Å². The average molecular weight is 492 g/mol. The number of hydrogen-bond donors (Lipinski definition) is 0. The summed E-state index contributed by atoms with van der Waals surface area (Å²) < 4.78 is 0. The van der Waals surface area contributed by atoms with Crippen molar-refractivity contribution < 1.29 is 0 Å². The van der Waals surface area contributed by atoms with E-state index in [9.17, 15) is 0 Å². The Labute approximate surface area is 224 Å². The summed E-state index contributed by atoms with van der Waals surface area (Å²) >= 11 is 0. The molecule has 0 saturated heterocycles. The fourth-order valence-electron chi connectivity index (χ4n) is 8.49. The van der Waals surface area contributed by atoms with Crippen molar-refractivity contribution in [1.29, 1.82) is 0 Å². The Morgan fingerprint density at radius 1 is 0.611 bits per heavy atom. The molecule has 2 unspecified atom stereocenters. The summed E-state index contributed by atoms with van der Waals surface area (Å²) in [5.41, 5.74) is 8.82. The van der Waals surface area contributed by atoms with Crippen molar-refractivity contribution in [3.63, 3.8) is 0 Å². The van der Waals surface area contributed by atoms with Crippen molar-refractivity contribution in [3.05, 3.63) is 46.6 Å². The molecule has 4 aliphatic rings. The molecule has 4 fully saturated rings. The van der Waals surface area contributed by atoms with Gasteiger partial charge in [0.1, 0.15) is 0 Å². The minimum atomic E-state index is 0.271. The molecule has 1 nitrogen and oxygen atoms in total. The predicted octanol–water partition coefficient (Wildman–Crippen LogP) is 11.1. The Morgan fingerprint density at radius 2 is 1.06 bits per heavy atom. The molecule has 0 N–H and O–H groups in total. The van der Waals surface area contributed by atoms with Crippen LogP contribution in [0.4, 0.5) is 0 Å². The molecule has 0 heterocycles. The number of hydrogen-bond acceptors (Lipinski definition) is 1. The monoisotopic (exact) mass is 491 g/mol. The Morgan fingerprint density at radius 3 is 1.50 bits per heavy atom. The summed E-state index contributed by atoms with van der Waals surface area (Å²) in [6, 6.07) is 0. The van der Waals surface area contributed by atoms with E-state index in [4.69, 9.17) is 4.99 Å². The summed E-state index contributed by atoms with van der Waals surface area (Å²) in [6.45, 7) is 18.7. The van der Waals surface area contributed by atoms with Crippen molar-refractivity contribution in [2.24, 2.45) is 21.7 Å². The maximum Gasteiger partial charge on any atom is 0.0620 e. The molecular formula is C35H57N. The number of allylic oxidation sites excluding steroid dienone is 8. The predicted molar refractivity (Wildman–Crippen MR) is 161 cm³/mol. The van der Waals surface area contributed by atoms with Crippen LogP contribution in [0.25, 0.3) is 0 Å². The second-order valence-corrected chi connectivity index (χ2v) is 14.3. The summed E-state index contributed by atoms with van der Waals surface area (Å²) in [5.74, 6) is 0.930. The lowest BCUT2D eigenvalue weighted by molar-refractivity contribution is -0.104. The molecule has 0 spiro atoms. The highest BCUT2D eigenvalue weighted by molar-refractivity contribution is 5.82. The molecular weight excluding hydrogens is 434 g/mol. The van der Waals surface area contributed by atoms with E-state index in [1.165, 1.54) is 105 Å². The lowest BCUT2D eigenvalue weighted by Crippen LogP contribution is -2.57. The molecule has 4 aliphatic carbocycles. The minimum absolute atomic E-state index is 0.271. The molecule has 0 radical (unpaired) electrons. The topological polar surface area (TPSA) is 12.4 Å². The third-order valence-electron chi connectivity index (χ3n) is 9.18. The quantitative estimate of drug-likeness (QED) is 0.179. The molecule has 0 aromatic carbocycles. The fraction of sp³-hybridized carbons (Fsp3) is 0.743. The maximum absolute atomic E-state index is 5.48. The van der Waals surface area contributed by atoms with Crippen LogP contribution in [0.15, 0.2) is 51.6 Å². The van der Waals surface area contributed by atoms with Crippen LogP contribution in [-0.4, -0.2) is 11.3 Å². The van der Waals surface area contributed by atoms with Crippen LogP contribution in [0.2, 0.25) is 0 Å². The molecule has 0 aromatic rings. The van der Waals surface area contributed by atoms with Crippen molar-refractivity contribution in [2.75, 3.05) is 0 Å². The van der Waals surface area contributed by atoms with E-state index in [1.54, 1.807) is 0 Å². The van der Waals surface area contributed by atoms with E-state index in [0.29, 0.717) is 10.8 Å². The minimum Gasteiger partial charge on any atom is -0.288 e. The first kappa shape index (κ1) is 29.2. The van der Waals surface area contributed by atoms with Gasteiger partial charge in [-0.1, -0.05) is 60.4 Å². The van der Waals surface area contributed by atoms with Crippen molar-refractivity contribution in [2.45, 2.75) is 151 Å². The number of rotatable bonds is 13. The Balaban J connectivity index is 1.37. The van der Waals surface area contributed by atoms with Gasteiger partial charge in [0.05, 0.1) is 5.54 Å². The molecule has 202 valence electrons. The van der Waals surface area contributed by atoms with Crippen LogP contribution in [0.1, 0.15) is 145 Å². The van der Waals surface area contributed by atoms with Gasteiger partial charge in [-0.05, 0) is 148 Å². The van der Waals surface area contributed by atoms with E-state index in [2.05, 4.69) is 79.7 Å². The first-order valence-electron chi connectivity index (χ1n) is 15.1. The van der Waals surface area contributed by atoms with Gasteiger partial charge >= 0.3 is 0 Å². The molecule has 0 amide bonds. The van der Waals surface area contributed by atoms with Gasteiger partial charge in [-0.3, -0.25) is 4.99 Å². The molecule has 4 saturated carbocycles. The highest BCUT2D eigenvalue weighted by Gasteiger charge is 2.60. The summed E-state index contributed by atoms with van der Waals surface area (Å²) in [4.78, 5) is 5.48. The SMILES string of the molecule is CC(C)=CCC/C(C)=C/CC/C(C)=C/CC/C(C)=C/CC/C(C)=N/C12CC3CC(C)(CC(C)(C3)C1)C2. The molecule has 0 aliphatic heterocycles. The van der Waals surface area contributed by atoms with Crippen LogP contribution >= 0.6 is 0 Å². The van der Waals surface area contributed by atoms with Crippen molar-refractivity contribution >= 4 is 5.71 Å². The smallest absolute Gasteiger partial charge is 0.0620 e. The van der Waals surface area contributed by atoms with Crippen LogP contribution in [-0.2, 0) is 0 Å². The van der Waals surface area contributed by atoms with Gasteiger partial charge in [-0.25, -0.2) is 0 Å². The van der Waals surface area contributed by atoms with Crippen LogP contribution in [0.3, 0.4) is 0 Å². The lowest BCUT2D eigenvalue weighted by Gasteiger charge is -2.64. The van der Waals surface area contributed by atoms with Gasteiger partial charge < -0.3 is 0 Å². The van der Waals surface area contributed by atoms with Crippen LogP contribution < -0.4 is 0 Å². The number of aliphatic imine (C=N–C) groups is 1. The average Bonchev–Trinajstić information content (AvgIpc) is 2.70. The largest absolute Gasteiger partial charge is 0.288 e. The highest BCUT2D eigenvalue weighted by atomic mass is 14.9. The summed E-state index contributed by atoms with van der Waals surface area (Å²) in [7, 11) is 0. The molecule has 0 aromatic heterocycles. The van der Waals surface area contributed by atoms with Gasteiger partial charge in [-0.15, -0.1) is 0 Å². The second-order valence-electron chi connectivity index (χ2n) is 14.3. The zero-order valence-corrected chi connectivity index (χ0v) is 25.2. The molecule has 2 atom stereocenters. The van der Waals surface area contributed by atoms with E-state index in [0.717, 1.165) is 18.8 Å². The van der Waals surface area contributed by atoms with Gasteiger partial charge in [0, 0.05) is 5.71 Å². The van der Waals surface area contributed by atoms with Crippen LogP contribution in [0.5, 0.6) is 0 Å². The Hall–Kier alpha value is -1.37. The molecule has 36 heavy (non-hydrogen) atoms. The summed E-state index contributed by atoms with van der Waals surface area (Å²) in [5, 5.41) is 0. The van der Waals surface area contributed by atoms with Crippen molar-refractivity contribution in [1.82, 2.24) is 0 Å². The van der Waals surface area contributed by atoms with Gasteiger partial charge in [0.2, 0.25) is 0 Å². The normalized spacial score (nSPS) is 32.8. The van der Waals surface area contributed by atoms with Gasteiger partial charge in [-0.2, -0.15) is 0 Å². The zero-order chi connectivity index (χ0) is 26.4. The first-order valence-corrected chi connectivity index (χ1v) is 15.1. The van der Waals surface area contributed by atoms with E-state index in [-0.39, 0.29) is 5.54 Å². The number of nitrogens with zero attached hydrogens (tertiary/aromatic N) is 1. The lowest BCUT2D eigenvalue weighted by atomic mass is 9.43. The second kappa shape index (κ2) is 12.4. The highest BCUT2D eigenvalue weighted by Crippen LogP contribution is 2.67. The third kappa shape index (κ3) is 8.88.